The first-order valence-corrected chi connectivity index (χ1v) is 4.84. The number of likely N-dealkylation sites (tertiary alicyclic amines) is 1. The van der Waals surface area contributed by atoms with E-state index in [2.05, 4.69) is 0 Å². The molecule has 13 heavy (non-hydrogen) atoms. The first-order valence-electron chi connectivity index (χ1n) is 4.84. The molecule has 0 spiro atoms. The Morgan fingerprint density at radius 2 is 2.31 bits per heavy atom. The number of halogens is 2. The van der Waals surface area contributed by atoms with Crippen LogP contribution in [0.5, 0.6) is 0 Å². The molecule has 1 atom stereocenters. The smallest absolute Gasteiger partial charge is 0.251 e. The van der Waals surface area contributed by atoms with E-state index in [4.69, 9.17) is 4.74 Å². The Morgan fingerprint density at radius 3 is 2.92 bits per heavy atom. The maximum atomic E-state index is 12.1. The van der Waals surface area contributed by atoms with E-state index in [0.29, 0.717) is 13.2 Å². The van der Waals surface area contributed by atoms with Gasteiger partial charge in [-0.15, -0.1) is 0 Å². The fourth-order valence-electron chi connectivity index (χ4n) is 1.76. The van der Waals surface area contributed by atoms with Gasteiger partial charge in [-0.2, -0.15) is 0 Å². The Kier molecular flexibility index (Phi) is 4.59. The molecule has 0 amide bonds. The number of alkyl halides is 2. The largest absolute Gasteiger partial charge is 0.380 e. The van der Waals surface area contributed by atoms with Crippen LogP contribution >= 0.6 is 0 Å². The minimum Gasteiger partial charge on any atom is -0.380 e. The van der Waals surface area contributed by atoms with E-state index in [1.54, 1.807) is 0 Å². The van der Waals surface area contributed by atoms with E-state index in [1.165, 1.54) is 0 Å². The molecule has 0 aromatic heterocycles. The molecule has 1 aliphatic heterocycles. The van der Waals surface area contributed by atoms with E-state index < -0.39 is 6.43 Å². The molecule has 0 radical (unpaired) electrons. The minimum absolute atomic E-state index is 0.0995. The fourth-order valence-corrected chi connectivity index (χ4v) is 1.76. The predicted octanol–water partition coefficient (Wildman–Crippen LogP) is 1.75. The molecule has 0 aliphatic carbocycles. The van der Waals surface area contributed by atoms with Gasteiger partial charge in [0.15, 0.2) is 0 Å². The summed E-state index contributed by atoms with van der Waals surface area (Å²) in [4.78, 5) is 1.83. The van der Waals surface area contributed by atoms with Crippen LogP contribution in [0.3, 0.4) is 0 Å². The zero-order valence-electron chi connectivity index (χ0n) is 8.01. The van der Waals surface area contributed by atoms with Gasteiger partial charge >= 0.3 is 0 Å². The Bertz CT molecular complexity index is 144. The molecule has 1 fully saturated rings. The van der Waals surface area contributed by atoms with Crippen LogP contribution in [0, 0.1) is 0 Å². The summed E-state index contributed by atoms with van der Waals surface area (Å²) in [7, 11) is 0. The number of rotatable bonds is 5. The Balaban J connectivity index is 2.26. The fraction of sp³-hybridized carbons (Fsp3) is 1.00. The van der Waals surface area contributed by atoms with Crippen LogP contribution in [0.1, 0.15) is 19.8 Å². The van der Waals surface area contributed by atoms with E-state index >= 15 is 0 Å². The van der Waals surface area contributed by atoms with Crippen molar-refractivity contribution >= 4 is 0 Å². The second kappa shape index (κ2) is 5.50. The Labute approximate surface area is 77.9 Å². The maximum Gasteiger partial charge on any atom is 0.251 e. The quantitative estimate of drug-likeness (QED) is 0.659. The lowest BCUT2D eigenvalue weighted by molar-refractivity contribution is 0.0444. The maximum absolute atomic E-state index is 12.1. The lowest BCUT2D eigenvalue weighted by atomic mass is 10.2. The van der Waals surface area contributed by atoms with Gasteiger partial charge in [0.05, 0.1) is 13.2 Å². The highest BCUT2D eigenvalue weighted by atomic mass is 19.3. The lowest BCUT2D eigenvalue weighted by Crippen LogP contribution is -2.36. The average molecular weight is 193 g/mol. The van der Waals surface area contributed by atoms with Gasteiger partial charge in [0.1, 0.15) is 0 Å². The summed E-state index contributed by atoms with van der Waals surface area (Å²) < 4.78 is 29.4. The molecule has 2 nitrogen and oxygen atoms in total. The van der Waals surface area contributed by atoms with Gasteiger partial charge in [-0.3, -0.25) is 4.90 Å². The molecule has 0 saturated carbocycles. The SMILES string of the molecule is CCOCC1CCCN1CC(F)F. The molecule has 0 bridgehead atoms. The van der Waals surface area contributed by atoms with Crippen LogP contribution in [0.4, 0.5) is 8.78 Å². The highest BCUT2D eigenvalue weighted by Crippen LogP contribution is 2.18. The molecule has 1 saturated heterocycles. The molecule has 1 heterocycles. The van der Waals surface area contributed by atoms with Crippen LogP contribution in [-0.2, 0) is 4.74 Å². The average Bonchev–Trinajstić information content (AvgIpc) is 2.48. The van der Waals surface area contributed by atoms with Crippen LogP contribution in [0.2, 0.25) is 0 Å². The monoisotopic (exact) mass is 193 g/mol. The molecule has 0 aromatic carbocycles. The highest BCUT2D eigenvalue weighted by molar-refractivity contribution is 4.79. The van der Waals surface area contributed by atoms with Crippen LogP contribution in [0.25, 0.3) is 0 Å². The molecule has 1 unspecified atom stereocenters. The second-order valence-electron chi connectivity index (χ2n) is 3.34. The summed E-state index contributed by atoms with van der Waals surface area (Å²) in [6, 6.07) is 0.217. The van der Waals surface area contributed by atoms with Gasteiger partial charge in [0, 0.05) is 12.6 Å². The highest BCUT2D eigenvalue weighted by Gasteiger charge is 2.26. The number of nitrogens with zero attached hydrogens (tertiary/aromatic N) is 1. The summed E-state index contributed by atoms with van der Waals surface area (Å²) in [5.74, 6) is 0. The van der Waals surface area contributed by atoms with E-state index in [0.717, 1.165) is 19.4 Å². The summed E-state index contributed by atoms with van der Waals surface area (Å²) in [6.07, 6.45) is -0.209. The standard InChI is InChI=1S/C9H17F2NO/c1-2-13-7-8-4-3-5-12(8)6-9(10)11/h8-9H,2-7H2,1H3. The topological polar surface area (TPSA) is 12.5 Å². The number of hydrogen-bond acceptors (Lipinski definition) is 2. The van der Waals surface area contributed by atoms with E-state index in [-0.39, 0.29) is 12.6 Å². The molecule has 0 aromatic rings. The third kappa shape index (κ3) is 3.56. The van der Waals surface area contributed by atoms with Crippen molar-refractivity contribution in [3.63, 3.8) is 0 Å². The zero-order chi connectivity index (χ0) is 9.68. The molecule has 4 heteroatoms. The first-order chi connectivity index (χ1) is 6.24. The van der Waals surface area contributed by atoms with Crippen molar-refractivity contribution in [2.24, 2.45) is 0 Å². The van der Waals surface area contributed by atoms with Gasteiger partial charge in [-0.25, -0.2) is 8.78 Å². The van der Waals surface area contributed by atoms with E-state index in [1.807, 2.05) is 11.8 Å². The van der Waals surface area contributed by atoms with Crippen molar-refractivity contribution in [1.82, 2.24) is 4.90 Å². The zero-order valence-corrected chi connectivity index (χ0v) is 8.01. The minimum atomic E-state index is -2.22. The first kappa shape index (κ1) is 10.9. The number of hydrogen-bond donors (Lipinski definition) is 0. The van der Waals surface area contributed by atoms with Crippen molar-refractivity contribution in [2.45, 2.75) is 32.2 Å². The molecular formula is C9H17F2NO. The number of ether oxygens (including phenoxy) is 1. The molecule has 1 rings (SSSR count). The molecular weight excluding hydrogens is 176 g/mol. The van der Waals surface area contributed by atoms with Gasteiger partial charge in [-0.05, 0) is 26.3 Å². The molecule has 0 N–H and O–H groups in total. The predicted molar refractivity (Wildman–Crippen MR) is 47.1 cm³/mol. The van der Waals surface area contributed by atoms with Crippen LogP contribution in [-0.4, -0.2) is 43.7 Å². The summed E-state index contributed by atoms with van der Waals surface area (Å²) in [5, 5.41) is 0. The van der Waals surface area contributed by atoms with Crippen molar-refractivity contribution in [3.05, 3.63) is 0 Å². The van der Waals surface area contributed by atoms with Crippen molar-refractivity contribution in [2.75, 3.05) is 26.3 Å². The van der Waals surface area contributed by atoms with Gasteiger partial charge in [-0.1, -0.05) is 0 Å². The second-order valence-corrected chi connectivity index (χ2v) is 3.34. The van der Waals surface area contributed by atoms with Crippen molar-refractivity contribution < 1.29 is 13.5 Å². The van der Waals surface area contributed by atoms with Gasteiger partial charge in [0.2, 0.25) is 0 Å². The van der Waals surface area contributed by atoms with E-state index in [9.17, 15) is 8.78 Å². The Morgan fingerprint density at radius 1 is 1.54 bits per heavy atom. The summed E-state index contributed by atoms with van der Waals surface area (Å²) in [5.41, 5.74) is 0. The summed E-state index contributed by atoms with van der Waals surface area (Å²) >= 11 is 0. The summed E-state index contributed by atoms with van der Waals surface area (Å²) in [6.45, 7) is 3.88. The lowest BCUT2D eigenvalue weighted by Gasteiger charge is -2.23. The third-order valence-electron chi connectivity index (χ3n) is 2.39. The third-order valence-corrected chi connectivity index (χ3v) is 2.39. The van der Waals surface area contributed by atoms with Gasteiger partial charge in [0.25, 0.3) is 6.43 Å². The van der Waals surface area contributed by atoms with Gasteiger partial charge < -0.3 is 4.74 Å². The van der Waals surface area contributed by atoms with Crippen LogP contribution in [0.15, 0.2) is 0 Å². The van der Waals surface area contributed by atoms with Crippen molar-refractivity contribution in [1.29, 1.82) is 0 Å². The van der Waals surface area contributed by atoms with Crippen LogP contribution < -0.4 is 0 Å². The molecule has 78 valence electrons. The molecule has 1 aliphatic rings. The van der Waals surface area contributed by atoms with Crippen molar-refractivity contribution in [3.8, 4) is 0 Å². The Hall–Kier alpha value is -0.220. The normalized spacial score (nSPS) is 24.5.